The molecule has 0 bridgehead atoms. The molecule has 0 radical (unpaired) electrons. The zero-order valence-corrected chi connectivity index (χ0v) is 14.9. The Morgan fingerprint density at radius 2 is 2.14 bits per heavy atom. The van der Waals surface area contributed by atoms with E-state index >= 15 is 0 Å². The van der Waals surface area contributed by atoms with Gasteiger partial charge in [0.1, 0.15) is 5.75 Å². The molecule has 1 aromatic heterocycles. The van der Waals surface area contributed by atoms with Gasteiger partial charge in [-0.2, -0.15) is 0 Å². The molecular weight excluding hydrogens is 396 g/mol. The van der Waals surface area contributed by atoms with E-state index in [9.17, 15) is 0 Å². The predicted octanol–water partition coefficient (Wildman–Crippen LogP) is 4.04. The van der Waals surface area contributed by atoms with E-state index in [1.54, 1.807) is 0 Å². The zero-order chi connectivity index (χ0) is 14.8. The quantitative estimate of drug-likeness (QED) is 0.824. The Labute approximate surface area is 141 Å². The summed E-state index contributed by atoms with van der Waals surface area (Å²) in [5.74, 6) is 1.05. The van der Waals surface area contributed by atoms with Crippen molar-refractivity contribution in [2.24, 2.45) is 0 Å². The molecule has 1 aliphatic heterocycles. The van der Waals surface area contributed by atoms with Gasteiger partial charge in [0.2, 0.25) is 0 Å². The highest BCUT2D eigenvalue weighted by atomic mass is 79.9. The van der Waals surface area contributed by atoms with Crippen LogP contribution >= 0.6 is 31.9 Å². The number of nitrogens with one attached hydrogen (secondary N) is 1. The van der Waals surface area contributed by atoms with Crippen molar-refractivity contribution in [2.75, 3.05) is 13.7 Å². The largest absolute Gasteiger partial charge is 0.493 e. The summed E-state index contributed by atoms with van der Waals surface area (Å²) < 4.78 is 7.91. The van der Waals surface area contributed by atoms with Gasteiger partial charge in [0.25, 0.3) is 0 Å². The lowest BCUT2D eigenvalue weighted by Gasteiger charge is -2.18. The fraction of sp³-hybridized carbons (Fsp3) is 0.312. The number of likely N-dealkylation sites (N-methyl/N-ethyl adjacent to an activating group) is 1. The Hall–Kier alpha value is -0.910. The van der Waals surface area contributed by atoms with Crippen LogP contribution in [0.1, 0.15) is 22.9 Å². The summed E-state index contributed by atoms with van der Waals surface area (Å²) in [6, 6.07) is 8.53. The predicted molar refractivity (Wildman–Crippen MR) is 90.8 cm³/mol. The number of benzene rings is 1. The van der Waals surface area contributed by atoms with Crippen molar-refractivity contribution in [1.29, 1.82) is 0 Å². The molecule has 3 nitrogen and oxygen atoms in total. The summed E-state index contributed by atoms with van der Waals surface area (Å²) in [4.78, 5) is 4.50. The Morgan fingerprint density at radius 3 is 2.86 bits per heavy atom. The van der Waals surface area contributed by atoms with Gasteiger partial charge in [-0.25, -0.2) is 0 Å². The molecule has 0 saturated carbocycles. The second-order valence-electron chi connectivity index (χ2n) is 5.10. The molecule has 2 heterocycles. The van der Waals surface area contributed by atoms with Crippen LogP contribution in [0, 0.1) is 0 Å². The standard InChI is InChI=1S/C16H16Br2N2O/c1-19-15(14-3-2-12(17)9-20-14)8-11-7-13(18)6-10-4-5-21-16(10)11/h2-3,6-7,9,15,19H,4-5,8H2,1H3. The Kier molecular flexibility index (Phi) is 4.62. The normalized spacial score (nSPS) is 14.6. The van der Waals surface area contributed by atoms with E-state index in [0.29, 0.717) is 0 Å². The molecule has 0 amide bonds. The fourth-order valence-electron chi connectivity index (χ4n) is 2.67. The Balaban J connectivity index is 1.89. The number of pyridine rings is 1. The molecule has 110 valence electrons. The number of hydrogen-bond acceptors (Lipinski definition) is 3. The van der Waals surface area contributed by atoms with Gasteiger partial charge >= 0.3 is 0 Å². The van der Waals surface area contributed by atoms with Gasteiger partial charge in [-0.05, 0) is 64.8 Å². The van der Waals surface area contributed by atoms with Crippen molar-refractivity contribution in [3.8, 4) is 5.75 Å². The Morgan fingerprint density at radius 1 is 1.29 bits per heavy atom. The summed E-state index contributed by atoms with van der Waals surface area (Å²) in [6.45, 7) is 0.777. The van der Waals surface area contributed by atoms with Crippen LogP contribution in [0.25, 0.3) is 0 Å². The molecular formula is C16H16Br2N2O. The van der Waals surface area contributed by atoms with Crippen LogP contribution < -0.4 is 10.1 Å². The molecule has 0 saturated heterocycles. The average molecular weight is 412 g/mol. The van der Waals surface area contributed by atoms with Crippen molar-refractivity contribution in [1.82, 2.24) is 10.3 Å². The summed E-state index contributed by atoms with van der Waals surface area (Å²) in [6.07, 6.45) is 3.68. The van der Waals surface area contributed by atoms with Crippen LogP contribution in [-0.4, -0.2) is 18.6 Å². The maximum atomic E-state index is 5.81. The van der Waals surface area contributed by atoms with Crippen molar-refractivity contribution in [3.63, 3.8) is 0 Å². The minimum Gasteiger partial charge on any atom is -0.493 e. The van der Waals surface area contributed by atoms with E-state index in [0.717, 1.165) is 39.8 Å². The van der Waals surface area contributed by atoms with E-state index in [2.05, 4.69) is 54.3 Å². The third kappa shape index (κ3) is 3.30. The summed E-state index contributed by atoms with van der Waals surface area (Å²) in [7, 11) is 1.97. The van der Waals surface area contributed by atoms with E-state index in [-0.39, 0.29) is 6.04 Å². The van der Waals surface area contributed by atoms with Crippen LogP contribution in [0.15, 0.2) is 39.4 Å². The van der Waals surface area contributed by atoms with E-state index in [4.69, 9.17) is 4.74 Å². The molecule has 0 aliphatic carbocycles. The molecule has 5 heteroatoms. The smallest absolute Gasteiger partial charge is 0.125 e. The highest BCUT2D eigenvalue weighted by Gasteiger charge is 2.20. The lowest BCUT2D eigenvalue weighted by molar-refractivity contribution is 0.352. The first-order chi connectivity index (χ1) is 10.2. The number of rotatable bonds is 4. The maximum absolute atomic E-state index is 5.81. The molecule has 3 rings (SSSR count). The van der Waals surface area contributed by atoms with Gasteiger partial charge in [-0.1, -0.05) is 15.9 Å². The molecule has 1 unspecified atom stereocenters. The van der Waals surface area contributed by atoms with E-state index in [1.165, 1.54) is 11.1 Å². The number of ether oxygens (including phenoxy) is 1. The van der Waals surface area contributed by atoms with Gasteiger partial charge < -0.3 is 10.1 Å². The SMILES string of the molecule is CNC(Cc1cc(Br)cc2c1OCC2)c1ccc(Br)cn1. The molecule has 1 atom stereocenters. The summed E-state index contributed by atoms with van der Waals surface area (Å²) in [5.41, 5.74) is 3.55. The highest BCUT2D eigenvalue weighted by Crippen LogP contribution is 2.35. The Bertz CT molecular complexity index is 643. The monoisotopic (exact) mass is 410 g/mol. The van der Waals surface area contributed by atoms with Gasteiger partial charge in [0, 0.05) is 21.6 Å². The van der Waals surface area contributed by atoms with E-state index in [1.807, 2.05) is 25.4 Å². The molecule has 2 aromatic rings. The van der Waals surface area contributed by atoms with Gasteiger partial charge in [0.15, 0.2) is 0 Å². The van der Waals surface area contributed by atoms with Gasteiger partial charge in [0.05, 0.1) is 18.3 Å². The first kappa shape index (κ1) is 15.0. The summed E-state index contributed by atoms with van der Waals surface area (Å²) in [5, 5.41) is 3.35. The second-order valence-corrected chi connectivity index (χ2v) is 6.93. The number of hydrogen-bond donors (Lipinski definition) is 1. The molecule has 1 aromatic carbocycles. The maximum Gasteiger partial charge on any atom is 0.125 e. The van der Waals surface area contributed by atoms with Gasteiger partial charge in [-0.15, -0.1) is 0 Å². The van der Waals surface area contributed by atoms with Crippen molar-refractivity contribution in [2.45, 2.75) is 18.9 Å². The minimum absolute atomic E-state index is 0.167. The van der Waals surface area contributed by atoms with Crippen molar-refractivity contribution < 1.29 is 4.74 Å². The topological polar surface area (TPSA) is 34.1 Å². The zero-order valence-electron chi connectivity index (χ0n) is 11.7. The molecule has 0 fully saturated rings. The lowest BCUT2D eigenvalue weighted by atomic mass is 9.99. The summed E-state index contributed by atoms with van der Waals surface area (Å²) >= 11 is 7.02. The average Bonchev–Trinajstić information content (AvgIpc) is 2.94. The minimum atomic E-state index is 0.167. The van der Waals surface area contributed by atoms with Gasteiger partial charge in [-0.3, -0.25) is 4.98 Å². The second kappa shape index (κ2) is 6.46. The third-order valence-corrected chi connectivity index (χ3v) is 4.63. The third-order valence-electron chi connectivity index (χ3n) is 3.71. The van der Waals surface area contributed by atoms with Crippen LogP contribution in [0.4, 0.5) is 0 Å². The first-order valence-electron chi connectivity index (χ1n) is 6.90. The lowest BCUT2D eigenvalue weighted by Crippen LogP contribution is -2.20. The fourth-order valence-corrected chi connectivity index (χ4v) is 3.45. The van der Waals surface area contributed by atoms with Crippen LogP contribution in [0.2, 0.25) is 0 Å². The first-order valence-corrected chi connectivity index (χ1v) is 8.49. The van der Waals surface area contributed by atoms with Crippen molar-refractivity contribution >= 4 is 31.9 Å². The number of halogens is 2. The van der Waals surface area contributed by atoms with Crippen molar-refractivity contribution in [3.05, 3.63) is 56.2 Å². The van der Waals surface area contributed by atoms with E-state index < -0.39 is 0 Å². The number of aromatic nitrogens is 1. The highest BCUT2D eigenvalue weighted by molar-refractivity contribution is 9.10. The molecule has 1 aliphatic rings. The van der Waals surface area contributed by atoms with Crippen LogP contribution in [-0.2, 0) is 12.8 Å². The number of fused-ring (bicyclic) bond motifs is 1. The number of nitrogens with zero attached hydrogens (tertiary/aromatic N) is 1. The molecule has 1 N–H and O–H groups in total. The molecule has 0 spiro atoms. The van der Waals surface area contributed by atoms with Crippen LogP contribution in [0.3, 0.4) is 0 Å². The molecule has 21 heavy (non-hydrogen) atoms. The van der Waals surface area contributed by atoms with Crippen LogP contribution in [0.5, 0.6) is 5.75 Å².